The van der Waals surface area contributed by atoms with Gasteiger partial charge in [0.2, 0.25) is 0 Å². The monoisotopic (exact) mass is 225 g/mol. The largest absolute Gasteiger partial charge is 0.396 e. The summed E-state index contributed by atoms with van der Waals surface area (Å²) in [4.78, 5) is 0. The molecule has 0 fully saturated rings. The van der Waals surface area contributed by atoms with Gasteiger partial charge in [0.05, 0.1) is 5.69 Å². The third kappa shape index (κ3) is 3.32. The van der Waals surface area contributed by atoms with Gasteiger partial charge in [-0.15, -0.1) is 0 Å². The smallest absolute Gasteiger partial charge is 0.0762 e. The molecule has 0 amide bonds. The fraction of sp³-hybridized carbons (Fsp3) is 0.750. The summed E-state index contributed by atoms with van der Waals surface area (Å²) in [7, 11) is 1.92. The van der Waals surface area contributed by atoms with Crippen LogP contribution in [-0.4, -0.2) is 28.0 Å². The second kappa shape index (κ2) is 6.01. The molecular formula is C12H23N3O. The van der Waals surface area contributed by atoms with Crippen molar-refractivity contribution in [1.29, 1.82) is 0 Å². The Bertz CT molecular complexity index is 297. The third-order valence-corrected chi connectivity index (χ3v) is 3.41. The summed E-state index contributed by atoms with van der Waals surface area (Å²) in [6.07, 6.45) is 3.93. The molecule has 4 nitrogen and oxygen atoms in total. The molecule has 1 aromatic heterocycles. The quantitative estimate of drug-likeness (QED) is 0.735. The summed E-state index contributed by atoms with van der Waals surface area (Å²) < 4.78 is 1.80. The molecule has 0 atom stereocenters. The minimum absolute atomic E-state index is 0.0226. The van der Waals surface area contributed by atoms with Gasteiger partial charge < -0.3 is 10.4 Å². The predicted octanol–water partition coefficient (Wildman–Crippen LogP) is 1.31. The summed E-state index contributed by atoms with van der Waals surface area (Å²) >= 11 is 0. The zero-order valence-electron chi connectivity index (χ0n) is 10.5. The average molecular weight is 225 g/mol. The van der Waals surface area contributed by atoms with Gasteiger partial charge in [-0.3, -0.25) is 4.68 Å². The molecule has 0 aliphatic carbocycles. The molecule has 4 heteroatoms. The Labute approximate surface area is 97.7 Å². The fourth-order valence-corrected chi connectivity index (χ4v) is 1.79. The second-order valence-corrected chi connectivity index (χ2v) is 4.45. The van der Waals surface area contributed by atoms with Crippen molar-refractivity contribution in [2.45, 2.75) is 33.2 Å². The predicted molar refractivity (Wildman–Crippen MR) is 65.0 cm³/mol. The van der Waals surface area contributed by atoms with Crippen LogP contribution in [0, 0.1) is 5.41 Å². The van der Waals surface area contributed by atoms with Crippen molar-refractivity contribution in [2.24, 2.45) is 12.5 Å². The summed E-state index contributed by atoms with van der Waals surface area (Å²) in [5.74, 6) is 0. The summed E-state index contributed by atoms with van der Waals surface area (Å²) in [6, 6.07) is 2.01. The van der Waals surface area contributed by atoms with Crippen LogP contribution in [0.1, 0.15) is 32.4 Å². The molecule has 92 valence electrons. The van der Waals surface area contributed by atoms with E-state index in [1.54, 1.807) is 4.68 Å². The number of aliphatic hydroxyl groups excluding tert-OH is 1. The van der Waals surface area contributed by atoms with Crippen LogP contribution < -0.4 is 5.32 Å². The highest BCUT2D eigenvalue weighted by molar-refractivity contribution is 4.98. The van der Waals surface area contributed by atoms with Crippen LogP contribution in [0.25, 0.3) is 0 Å². The molecule has 1 heterocycles. The lowest BCUT2D eigenvalue weighted by atomic mass is 9.83. The SMILES string of the molecule is CCC(CC)(CO)CNCc1ccn(C)n1. The molecule has 0 saturated carbocycles. The first-order valence-corrected chi connectivity index (χ1v) is 5.96. The van der Waals surface area contributed by atoms with E-state index in [2.05, 4.69) is 24.3 Å². The van der Waals surface area contributed by atoms with Gasteiger partial charge >= 0.3 is 0 Å². The number of aryl methyl sites for hydroxylation is 1. The molecule has 16 heavy (non-hydrogen) atoms. The van der Waals surface area contributed by atoms with E-state index in [0.717, 1.165) is 31.6 Å². The maximum absolute atomic E-state index is 9.42. The van der Waals surface area contributed by atoms with Crippen LogP contribution in [0.2, 0.25) is 0 Å². The zero-order chi connectivity index (χ0) is 12.0. The number of aliphatic hydroxyl groups is 1. The average Bonchev–Trinajstić information content (AvgIpc) is 2.71. The van der Waals surface area contributed by atoms with Crippen LogP contribution in [0.3, 0.4) is 0 Å². The Hall–Kier alpha value is -0.870. The Morgan fingerprint density at radius 3 is 2.56 bits per heavy atom. The van der Waals surface area contributed by atoms with Gasteiger partial charge in [0.15, 0.2) is 0 Å². The number of aromatic nitrogens is 2. The van der Waals surface area contributed by atoms with Gasteiger partial charge in [0, 0.05) is 38.4 Å². The number of hydrogen-bond donors (Lipinski definition) is 2. The Kier molecular flexibility index (Phi) is 4.96. The first kappa shape index (κ1) is 13.2. The van der Waals surface area contributed by atoms with Crippen molar-refractivity contribution < 1.29 is 5.11 Å². The topological polar surface area (TPSA) is 50.1 Å². The lowest BCUT2D eigenvalue weighted by Crippen LogP contribution is -2.36. The Morgan fingerprint density at radius 2 is 2.12 bits per heavy atom. The van der Waals surface area contributed by atoms with Crippen molar-refractivity contribution in [3.63, 3.8) is 0 Å². The van der Waals surface area contributed by atoms with E-state index in [1.807, 2.05) is 19.3 Å². The minimum Gasteiger partial charge on any atom is -0.396 e. The highest BCUT2D eigenvalue weighted by Crippen LogP contribution is 2.24. The molecule has 0 aromatic carbocycles. The normalized spacial score (nSPS) is 12.0. The van der Waals surface area contributed by atoms with Crippen molar-refractivity contribution in [3.05, 3.63) is 18.0 Å². The van der Waals surface area contributed by atoms with E-state index in [9.17, 15) is 5.11 Å². The molecule has 0 saturated heterocycles. The van der Waals surface area contributed by atoms with E-state index >= 15 is 0 Å². The van der Waals surface area contributed by atoms with E-state index in [-0.39, 0.29) is 12.0 Å². The van der Waals surface area contributed by atoms with Gasteiger partial charge in [0.1, 0.15) is 0 Å². The van der Waals surface area contributed by atoms with Crippen LogP contribution >= 0.6 is 0 Å². The van der Waals surface area contributed by atoms with Crippen molar-refractivity contribution in [3.8, 4) is 0 Å². The summed E-state index contributed by atoms with van der Waals surface area (Å²) in [5, 5.41) is 17.1. The maximum Gasteiger partial charge on any atom is 0.0762 e. The molecule has 0 aliphatic rings. The van der Waals surface area contributed by atoms with Crippen molar-refractivity contribution >= 4 is 0 Å². The van der Waals surface area contributed by atoms with Crippen LogP contribution in [0.15, 0.2) is 12.3 Å². The molecule has 0 spiro atoms. The molecular weight excluding hydrogens is 202 g/mol. The molecule has 0 radical (unpaired) electrons. The Morgan fingerprint density at radius 1 is 1.44 bits per heavy atom. The standard InChI is InChI=1S/C12H23N3O/c1-4-12(5-2,10-16)9-13-8-11-6-7-15(3)14-11/h6-7,13,16H,4-5,8-10H2,1-3H3. The minimum atomic E-state index is 0.0226. The number of nitrogens with one attached hydrogen (secondary N) is 1. The number of nitrogens with zero attached hydrogens (tertiary/aromatic N) is 2. The highest BCUT2D eigenvalue weighted by atomic mass is 16.3. The number of rotatable bonds is 7. The molecule has 1 aromatic rings. The second-order valence-electron chi connectivity index (χ2n) is 4.45. The first-order valence-electron chi connectivity index (χ1n) is 5.96. The highest BCUT2D eigenvalue weighted by Gasteiger charge is 2.24. The molecule has 2 N–H and O–H groups in total. The van der Waals surface area contributed by atoms with Gasteiger partial charge in [-0.05, 0) is 18.9 Å². The van der Waals surface area contributed by atoms with E-state index in [0.29, 0.717) is 0 Å². The Balaban J connectivity index is 2.39. The van der Waals surface area contributed by atoms with Gasteiger partial charge in [-0.2, -0.15) is 5.10 Å². The summed E-state index contributed by atoms with van der Waals surface area (Å²) in [5.41, 5.74) is 1.07. The number of hydrogen-bond acceptors (Lipinski definition) is 3. The van der Waals surface area contributed by atoms with Gasteiger partial charge in [-0.25, -0.2) is 0 Å². The van der Waals surface area contributed by atoms with Crippen LogP contribution in [-0.2, 0) is 13.6 Å². The van der Waals surface area contributed by atoms with E-state index in [4.69, 9.17) is 0 Å². The van der Waals surface area contributed by atoms with E-state index < -0.39 is 0 Å². The van der Waals surface area contributed by atoms with E-state index in [1.165, 1.54) is 0 Å². The lowest BCUT2D eigenvalue weighted by Gasteiger charge is -2.29. The molecule has 0 aliphatic heterocycles. The van der Waals surface area contributed by atoms with Crippen molar-refractivity contribution in [2.75, 3.05) is 13.2 Å². The molecule has 1 rings (SSSR count). The fourth-order valence-electron chi connectivity index (χ4n) is 1.79. The molecule has 0 unspecified atom stereocenters. The van der Waals surface area contributed by atoms with Gasteiger partial charge in [0.25, 0.3) is 0 Å². The third-order valence-electron chi connectivity index (χ3n) is 3.41. The zero-order valence-corrected chi connectivity index (χ0v) is 10.5. The van der Waals surface area contributed by atoms with Crippen LogP contribution in [0.5, 0.6) is 0 Å². The maximum atomic E-state index is 9.42. The first-order chi connectivity index (χ1) is 7.65. The van der Waals surface area contributed by atoms with Crippen molar-refractivity contribution in [1.82, 2.24) is 15.1 Å². The van der Waals surface area contributed by atoms with Crippen LogP contribution in [0.4, 0.5) is 0 Å². The molecule has 0 bridgehead atoms. The lowest BCUT2D eigenvalue weighted by molar-refractivity contribution is 0.113. The summed E-state index contributed by atoms with van der Waals surface area (Å²) in [6.45, 7) is 6.11. The van der Waals surface area contributed by atoms with Gasteiger partial charge in [-0.1, -0.05) is 13.8 Å².